The number of nitrogens with zero attached hydrogens (tertiary/aromatic N) is 1. The molecule has 0 aliphatic carbocycles. The van der Waals surface area contributed by atoms with E-state index in [1.54, 1.807) is 0 Å². The topological polar surface area (TPSA) is 24.4 Å². The minimum Gasteiger partial charge on any atom is -0.279 e. The van der Waals surface area contributed by atoms with Crippen LogP contribution in [0, 0.1) is 0 Å². The SMILES string of the molecule is C=NN/C(=C/C)C(=C)C.CC. The lowest BCUT2D eigenvalue weighted by Crippen LogP contribution is -2.03. The monoisotopic (exact) mass is 154 g/mol. The van der Waals surface area contributed by atoms with E-state index in [-0.39, 0.29) is 0 Å². The average molecular weight is 154 g/mol. The number of nitrogens with one attached hydrogen (secondary N) is 1. The molecule has 0 spiro atoms. The number of allylic oxidation sites excluding steroid dienone is 2. The van der Waals surface area contributed by atoms with Gasteiger partial charge in [0, 0.05) is 6.72 Å². The highest BCUT2D eigenvalue weighted by atomic mass is 15.3. The van der Waals surface area contributed by atoms with Gasteiger partial charge >= 0.3 is 0 Å². The zero-order valence-corrected chi connectivity index (χ0v) is 7.94. The summed E-state index contributed by atoms with van der Waals surface area (Å²) in [6.07, 6.45) is 1.90. The third-order valence-corrected chi connectivity index (χ3v) is 0.948. The van der Waals surface area contributed by atoms with E-state index in [1.165, 1.54) is 0 Å². The Morgan fingerprint density at radius 1 is 1.45 bits per heavy atom. The molecule has 0 amide bonds. The summed E-state index contributed by atoms with van der Waals surface area (Å²) < 4.78 is 0. The van der Waals surface area contributed by atoms with Crippen LogP contribution in [0.1, 0.15) is 27.7 Å². The van der Waals surface area contributed by atoms with Gasteiger partial charge < -0.3 is 0 Å². The molecule has 0 aliphatic rings. The average Bonchev–Trinajstić information content (AvgIpc) is 2.03. The van der Waals surface area contributed by atoms with Gasteiger partial charge in [0.1, 0.15) is 0 Å². The molecule has 0 aliphatic heterocycles. The van der Waals surface area contributed by atoms with Crippen molar-refractivity contribution in [3.05, 3.63) is 23.9 Å². The molecule has 0 saturated heterocycles. The van der Waals surface area contributed by atoms with E-state index >= 15 is 0 Å². The standard InChI is InChI=1S/C7H12N2.C2H6/c1-5-7(6(2)3)9-8-4;1-2/h5,9H,2,4H2,1,3H3;1-2H3/b7-5+;. The fourth-order valence-electron chi connectivity index (χ4n) is 0.492. The largest absolute Gasteiger partial charge is 0.279 e. The Morgan fingerprint density at radius 2 is 1.91 bits per heavy atom. The summed E-state index contributed by atoms with van der Waals surface area (Å²) in [7, 11) is 0. The van der Waals surface area contributed by atoms with Crippen molar-refractivity contribution in [2.75, 3.05) is 0 Å². The molecule has 0 aromatic rings. The summed E-state index contributed by atoms with van der Waals surface area (Å²) in [5, 5.41) is 3.50. The molecule has 0 aromatic heterocycles. The minimum absolute atomic E-state index is 0.921. The Bertz CT molecular complexity index is 146. The number of hydrogen-bond acceptors (Lipinski definition) is 2. The van der Waals surface area contributed by atoms with E-state index < -0.39 is 0 Å². The van der Waals surface area contributed by atoms with Crippen molar-refractivity contribution in [2.24, 2.45) is 5.10 Å². The molecule has 0 bridgehead atoms. The first kappa shape index (κ1) is 12.6. The highest BCUT2D eigenvalue weighted by Gasteiger charge is 1.89. The van der Waals surface area contributed by atoms with Gasteiger partial charge in [0.2, 0.25) is 0 Å². The highest BCUT2D eigenvalue weighted by Crippen LogP contribution is 2.00. The molecular weight excluding hydrogens is 136 g/mol. The van der Waals surface area contributed by atoms with Crippen molar-refractivity contribution in [3.8, 4) is 0 Å². The van der Waals surface area contributed by atoms with Crippen molar-refractivity contribution < 1.29 is 0 Å². The Hall–Kier alpha value is -1.05. The van der Waals surface area contributed by atoms with Gasteiger partial charge in [-0.15, -0.1) is 0 Å². The minimum atomic E-state index is 0.921. The van der Waals surface area contributed by atoms with Crippen molar-refractivity contribution >= 4 is 6.72 Å². The van der Waals surface area contributed by atoms with Crippen LogP contribution in [0.2, 0.25) is 0 Å². The fraction of sp³-hybridized carbons (Fsp3) is 0.444. The molecule has 2 nitrogen and oxygen atoms in total. The molecule has 11 heavy (non-hydrogen) atoms. The lowest BCUT2D eigenvalue weighted by atomic mass is 10.2. The van der Waals surface area contributed by atoms with E-state index in [9.17, 15) is 0 Å². The predicted octanol–water partition coefficient (Wildman–Crippen LogP) is 2.70. The normalized spacial score (nSPS) is 9.27. The molecule has 0 heterocycles. The number of rotatable bonds is 3. The molecule has 0 atom stereocenters. The van der Waals surface area contributed by atoms with Gasteiger partial charge in [0.15, 0.2) is 0 Å². The van der Waals surface area contributed by atoms with Crippen LogP contribution in [-0.2, 0) is 0 Å². The first-order valence-electron chi connectivity index (χ1n) is 3.76. The van der Waals surface area contributed by atoms with Gasteiger partial charge in [-0.2, -0.15) is 5.10 Å². The van der Waals surface area contributed by atoms with Crippen LogP contribution < -0.4 is 5.43 Å². The smallest absolute Gasteiger partial charge is 0.0542 e. The number of hydrogen-bond donors (Lipinski definition) is 1. The van der Waals surface area contributed by atoms with Gasteiger partial charge in [-0.25, -0.2) is 0 Å². The van der Waals surface area contributed by atoms with E-state index in [0.29, 0.717) is 0 Å². The van der Waals surface area contributed by atoms with Crippen LogP contribution in [-0.4, -0.2) is 6.72 Å². The molecule has 1 N–H and O–H groups in total. The molecule has 64 valence electrons. The van der Waals surface area contributed by atoms with Crippen LogP contribution in [0.4, 0.5) is 0 Å². The first-order chi connectivity index (χ1) is 5.22. The van der Waals surface area contributed by atoms with Crippen molar-refractivity contribution in [3.63, 3.8) is 0 Å². The summed E-state index contributed by atoms with van der Waals surface area (Å²) in [5.74, 6) is 0. The first-order valence-corrected chi connectivity index (χ1v) is 3.76. The summed E-state index contributed by atoms with van der Waals surface area (Å²) in [6.45, 7) is 14.8. The Labute approximate surface area is 69.7 Å². The molecule has 0 aromatic carbocycles. The third-order valence-electron chi connectivity index (χ3n) is 0.948. The lowest BCUT2D eigenvalue weighted by Gasteiger charge is -2.02. The van der Waals surface area contributed by atoms with Crippen molar-refractivity contribution in [1.82, 2.24) is 5.43 Å². The van der Waals surface area contributed by atoms with Gasteiger partial charge in [-0.1, -0.05) is 26.5 Å². The third kappa shape index (κ3) is 6.84. The fourth-order valence-corrected chi connectivity index (χ4v) is 0.492. The molecule has 0 fully saturated rings. The molecule has 0 radical (unpaired) electrons. The van der Waals surface area contributed by atoms with Gasteiger partial charge in [0.05, 0.1) is 5.70 Å². The summed E-state index contributed by atoms with van der Waals surface area (Å²) in [6, 6.07) is 0. The molecule has 0 unspecified atom stereocenters. The zero-order valence-electron chi connectivity index (χ0n) is 7.94. The van der Waals surface area contributed by atoms with E-state index in [2.05, 4.69) is 23.8 Å². The Kier molecular flexibility index (Phi) is 10.3. The van der Waals surface area contributed by atoms with Crippen LogP contribution >= 0.6 is 0 Å². The molecule has 0 saturated carbocycles. The van der Waals surface area contributed by atoms with E-state index in [1.807, 2.05) is 33.8 Å². The second-order valence-corrected chi connectivity index (χ2v) is 1.75. The Balaban J connectivity index is 0. The van der Waals surface area contributed by atoms with Crippen LogP contribution in [0.3, 0.4) is 0 Å². The summed E-state index contributed by atoms with van der Waals surface area (Å²) in [4.78, 5) is 0. The van der Waals surface area contributed by atoms with Gasteiger partial charge in [0.25, 0.3) is 0 Å². The maximum absolute atomic E-state index is 3.73. The highest BCUT2D eigenvalue weighted by molar-refractivity contribution is 5.27. The van der Waals surface area contributed by atoms with E-state index in [0.717, 1.165) is 11.3 Å². The predicted molar refractivity (Wildman–Crippen MR) is 52.6 cm³/mol. The zero-order chi connectivity index (χ0) is 9.28. The summed E-state index contributed by atoms with van der Waals surface area (Å²) in [5.41, 5.74) is 4.59. The molecule has 0 rings (SSSR count). The maximum Gasteiger partial charge on any atom is 0.0542 e. The van der Waals surface area contributed by atoms with Crippen LogP contribution in [0.15, 0.2) is 29.0 Å². The van der Waals surface area contributed by atoms with Crippen LogP contribution in [0.5, 0.6) is 0 Å². The van der Waals surface area contributed by atoms with Gasteiger partial charge in [-0.05, 0) is 19.4 Å². The number of hydrazone groups is 1. The summed E-state index contributed by atoms with van der Waals surface area (Å²) >= 11 is 0. The maximum atomic E-state index is 3.73. The van der Waals surface area contributed by atoms with Crippen molar-refractivity contribution in [1.29, 1.82) is 0 Å². The second kappa shape index (κ2) is 8.95. The van der Waals surface area contributed by atoms with E-state index in [4.69, 9.17) is 0 Å². The van der Waals surface area contributed by atoms with Crippen LogP contribution in [0.25, 0.3) is 0 Å². The van der Waals surface area contributed by atoms with Crippen molar-refractivity contribution in [2.45, 2.75) is 27.7 Å². The second-order valence-electron chi connectivity index (χ2n) is 1.75. The van der Waals surface area contributed by atoms with Gasteiger partial charge in [-0.3, -0.25) is 5.43 Å². The quantitative estimate of drug-likeness (QED) is 0.377. The molecule has 2 heteroatoms. The Morgan fingerprint density at radius 3 is 2.00 bits per heavy atom. The molecular formula is C9H18N2. The lowest BCUT2D eigenvalue weighted by molar-refractivity contribution is 0.905.